The summed E-state index contributed by atoms with van der Waals surface area (Å²) in [6.07, 6.45) is 0.260. The maximum absolute atomic E-state index is 13.0. The molecule has 1 spiro atoms. The van der Waals surface area contributed by atoms with Gasteiger partial charge < -0.3 is 15.0 Å². The molecule has 1 N–H and O–H groups in total. The Morgan fingerprint density at radius 3 is 2.35 bits per heavy atom. The zero-order valence-corrected chi connectivity index (χ0v) is 17.0. The monoisotopic (exact) mass is 410 g/mol. The molecule has 2 aliphatic heterocycles. The summed E-state index contributed by atoms with van der Waals surface area (Å²) >= 11 is 0. The van der Waals surface area contributed by atoms with E-state index in [-0.39, 0.29) is 17.9 Å². The lowest BCUT2D eigenvalue weighted by molar-refractivity contribution is -0.120. The van der Waals surface area contributed by atoms with Gasteiger partial charge in [-0.05, 0) is 40.3 Å². The molecule has 2 heterocycles. The zero-order chi connectivity index (χ0) is 21.0. The van der Waals surface area contributed by atoms with E-state index in [2.05, 4.69) is 29.6 Å². The van der Waals surface area contributed by atoms with Crippen LogP contribution in [0, 0.1) is 0 Å². The van der Waals surface area contributed by atoms with E-state index in [1.54, 1.807) is 4.90 Å². The van der Waals surface area contributed by atoms with Gasteiger partial charge in [-0.1, -0.05) is 66.7 Å². The molecule has 0 radical (unpaired) electrons. The Morgan fingerprint density at radius 2 is 1.61 bits per heavy atom. The predicted octanol–water partition coefficient (Wildman–Crippen LogP) is 4.53. The Bertz CT molecular complexity index is 1180. The molecule has 5 heteroatoms. The first-order valence-corrected chi connectivity index (χ1v) is 10.7. The van der Waals surface area contributed by atoms with Gasteiger partial charge in [-0.3, -0.25) is 4.79 Å². The van der Waals surface area contributed by atoms with E-state index in [0.29, 0.717) is 26.1 Å². The van der Waals surface area contributed by atoms with E-state index in [1.807, 2.05) is 48.5 Å². The molecule has 5 nitrogen and oxygen atoms in total. The van der Waals surface area contributed by atoms with Crippen molar-refractivity contribution in [3.63, 3.8) is 0 Å². The SMILES string of the molecule is O=C(OCC1c2ccccc2-c2ccccc21)N1CC[C@]2(C1)C(=O)Nc1ccccc12. The van der Waals surface area contributed by atoms with Crippen LogP contribution in [0.1, 0.15) is 29.0 Å². The molecule has 3 aromatic rings. The number of para-hydroxylation sites is 1. The third kappa shape index (κ3) is 2.62. The van der Waals surface area contributed by atoms with Gasteiger partial charge in [0.05, 0.1) is 5.41 Å². The highest BCUT2D eigenvalue weighted by Crippen LogP contribution is 2.46. The summed E-state index contributed by atoms with van der Waals surface area (Å²) in [6.45, 7) is 1.16. The van der Waals surface area contributed by atoms with E-state index >= 15 is 0 Å². The third-order valence-corrected chi connectivity index (χ3v) is 6.99. The number of rotatable bonds is 2. The van der Waals surface area contributed by atoms with Crippen LogP contribution in [0.25, 0.3) is 11.1 Å². The molecule has 31 heavy (non-hydrogen) atoms. The van der Waals surface area contributed by atoms with E-state index in [0.717, 1.165) is 11.3 Å². The molecule has 1 aliphatic carbocycles. The van der Waals surface area contributed by atoms with Crippen LogP contribution >= 0.6 is 0 Å². The van der Waals surface area contributed by atoms with Crippen LogP contribution < -0.4 is 5.32 Å². The van der Waals surface area contributed by atoms with Crippen molar-refractivity contribution in [2.75, 3.05) is 25.0 Å². The zero-order valence-electron chi connectivity index (χ0n) is 17.0. The lowest BCUT2D eigenvalue weighted by atomic mass is 9.81. The minimum Gasteiger partial charge on any atom is -0.448 e. The van der Waals surface area contributed by atoms with Gasteiger partial charge in [0.1, 0.15) is 6.61 Å². The third-order valence-electron chi connectivity index (χ3n) is 6.99. The number of hydrogen-bond acceptors (Lipinski definition) is 3. The van der Waals surface area contributed by atoms with Gasteiger partial charge in [-0.15, -0.1) is 0 Å². The molecule has 0 aromatic heterocycles. The Morgan fingerprint density at radius 1 is 0.968 bits per heavy atom. The second kappa shape index (κ2) is 6.71. The second-order valence-corrected chi connectivity index (χ2v) is 8.56. The first-order valence-electron chi connectivity index (χ1n) is 10.7. The van der Waals surface area contributed by atoms with E-state index in [4.69, 9.17) is 4.74 Å². The molecule has 0 saturated carbocycles. The van der Waals surface area contributed by atoms with Gasteiger partial charge in [0.25, 0.3) is 0 Å². The molecule has 6 rings (SSSR count). The molecular weight excluding hydrogens is 388 g/mol. The van der Waals surface area contributed by atoms with Gasteiger partial charge in [-0.2, -0.15) is 0 Å². The van der Waals surface area contributed by atoms with E-state index < -0.39 is 5.41 Å². The van der Waals surface area contributed by atoms with Crippen molar-refractivity contribution >= 4 is 17.7 Å². The summed E-state index contributed by atoms with van der Waals surface area (Å²) in [5.41, 5.74) is 5.96. The number of hydrogen-bond donors (Lipinski definition) is 1. The number of nitrogens with one attached hydrogen (secondary N) is 1. The van der Waals surface area contributed by atoms with Crippen molar-refractivity contribution in [3.05, 3.63) is 89.5 Å². The largest absolute Gasteiger partial charge is 0.448 e. The van der Waals surface area contributed by atoms with Crippen LogP contribution in [0.5, 0.6) is 0 Å². The van der Waals surface area contributed by atoms with Crippen LogP contribution in [-0.2, 0) is 14.9 Å². The van der Waals surface area contributed by atoms with E-state index in [1.165, 1.54) is 22.3 Å². The molecule has 1 saturated heterocycles. The molecular formula is C26H22N2O3. The first kappa shape index (κ1) is 18.2. The molecule has 3 aliphatic rings. The van der Waals surface area contributed by atoms with Crippen molar-refractivity contribution in [2.45, 2.75) is 17.8 Å². The van der Waals surface area contributed by atoms with E-state index in [9.17, 15) is 9.59 Å². The highest BCUT2D eigenvalue weighted by Gasteiger charge is 2.52. The molecule has 0 bridgehead atoms. The molecule has 1 atom stereocenters. The maximum atomic E-state index is 13.0. The molecule has 3 aromatic carbocycles. The predicted molar refractivity (Wildman–Crippen MR) is 118 cm³/mol. The number of carbonyl (C=O) groups is 2. The van der Waals surface area contributed by atoms with Crippen molar-refractivity contribution in [3.8, 4) is 11.1 Å². The van der Waals surface area contributed by atoms with Gasteiger partial charge >= 0.3 is 6.09 Å². The average molecular weight is 410 g/mol. The minimum absolute atomic E-state index is 0.0253. The lowest BCUT2D eigenvalue weighted by Crippen LogP contribution is -2.39. The van der Waals surface area contributed by atoms with Gasteiger partial charge in [0.15, 0.2) is 0 Å². The highest BCUT2D eigenvalue weighted by molar-refractivity contribution is 6.07. The fourth-order valence-corrected chi connectivity index (χ4v) is 5.43. The second-order valence-electron chi connectivity index (χ2n) is 8.56. The molecule has 0 unspecified atom stereocenters. The van der Waals surface area contributed by atoms with Crippen LogP contribution in [-0.4, -0.2) is 36.6 Å². The van der Waals surface area contributed by atoms with Gasteiger partial charge in [-0.25, -0.2) is 4.79 Å². The van der Waals surface area contributed by atoms with Crippen LogP contribution in [0.3, 0.4) is 0 Å². The topological polar surface area (TPSA) is 58.6 Å². The fraction of sp³-hybridized carbons (Fsp3) is 0.231. The van der Waals surface area contributed by atoms with Crippen molar-refractivity contribution in [2.24, 2.45) is 0 Å². The average Bonchev–Trinajstić information content (AvgIpc) is 3.47. The number of ether oxygens (including phenoxy) is 1. The molecule has 2 amide bonds. The Labute approximate surface area is 180 Å². The van der Waals surface area contributed by atoms with Crippen molar-refractivity contribution in [1.82, 2.24) is 4.90 Å². The summed E-state index contributed by atoms with van der Waals surface area (Å²) in [5.74, 6) is 0.00562. The summed E-state index contributed by atoms with van der Waals surface area (Å²) in [5, 5.41) is 2.97. The van der Waals surface area contributed by atoms with Crippen LogP contribution in [0.15, 0.2) is 72.8 Å². The number of fused-ring (bicyclic) bond motifs is 5. The van der Waals surface area contributed by atoms with Crippen LogP contribution in [0.4, 0.5) is 10.5 Å². The standard InChI is InChI=1S/C26H22N2O3/c29-24-26(22-11-5-6-12-23(22)27-24)13-14-28(16-26)25(30)31-15-21-19-9-3-1-7-17(19)18-8-2-4-10-20(18)21/h1-12,21H,13-16H2,(H,27,29)/t26-/m1/s1. The lowest BCUT2D eigenvalue weighted by Gasteiger charge is -2.23. The number of benzene rings is 3. The van der Waals surface area contributed by atoms with Gasteiger partial charge in [0, 0.05) is 24.7 Å². The quantitative estimate of drug-likeness (QED) is 0.675. The number of likely N-dealkylation sites (tertiary alicyclic amines) is 1. The smallest absolute Gasteiger partial charge is 0.409 e. The number of anilines is 1. The Balaban J connectivity index is 1.20. The summed E-state index contributed by atoms with van der Waals surface area (Å²) in [6, 6.07) is 24.3. The summed E-state index contributed by atoms with van der Waals surface area (Å²) < 4.78 is 5.80. The number of carbonyl (C=O) groups excluding carboxylic acids is 2. The number of amides is 2. The Kier molecular flexibility index (Phi) is 3.93. The summed E-state index contributed by atoms with van der Waals surface area (Å²) in [4.78, 5) is 27.4. The maximum Gasteiger partial charge on any atom is 0.409 e. The normalized spacial score (nSPS) is 21.0. The first-order chi connectivity index (χ1) is 15.2. The van der Waals surface area contributed by atoms with Gasteiger partial charge in [0.2, 0.25) is 5.91 Å². The molecule has 1 fully saturated rings. The molecule has 154 valence electrons. The van der Waals surface area contributed by atoms with Crippen molar-refractivity contribution in [1.29, 1.82) is 0 Å². The fourth-order valence-electron chi connectivity index (χ4n) is 5.43. The number of nitrogens with zero attached hydrogens (tertiary/aromatic N) is 1. The highest BCUT2D eigenvalue weighted by atomic mass is 16.6. The minimum atomic E-state index is -0.665. The summed E-state index contributed by atoms with van der Waals surface area (Å²) in [7, 11) is 0. The van der Waals surface area contributed by atoms with Crippen molar-refractivity contribution < 1.29 is 14.3 Å². The Hall–Kier alpha value is -3.60. The van der Waals surface area contributed by atoms with Crippen LogP contribution in [0.2, 0.25) is 0 Å².